The van der Waals surface area contributed by atoms with Crippen LogP contribution >= 0.6 is 11.8 Å². The lowest BCUT2D eigenvalue weighted by molar-refractivity contribution is -0.120. The third-order valence-electron chi connectivity index (χ3n) is 3.18. The summed E-state index contributed by atoms with van der Waals surface area (Å²) >= 11 is 1.48. The van der Waals surface area contributed by atoms with Crippen LogP contribution in [0, 0.1) is 0 Å². The number of hydrogen-bond donors (Lipinski definition) is 2. The van der Waals surface area contributed by atoms with Crippen LogP contribution in [0.2, 0.25) is 0 Å². The molecule has 0 saturated heterocycles. The first-order chi connectivity index (χ1) is 8.66. The number of nitrogens with one attached hydrogen (secondary N) is 1. The lowest BCUT2D eigenvalue weighted by atomic mass is 10.2. The molecular formula is C13H19N3OS. The molecule has 5 heteroatoms. The Morgan fingerprint density at radius 3 is 2.94 bits per heavy atom. The van der Waals surface area contributed by atoms with Crippen molar-refractivity contribution >= 4 is 23.4 Å². The average molecular weight is 265 g/mol. The summed E-state index contributed by atoms with van der Waals surface area (Å²) in [5.74, 6) is 0.100. The number of nitrogens with zero attached hydrogens (tertiary/aromatic N) is 1. The van der Waals surface area contributed by atoms with Crippen LogP contribution in [0.1, 0.15) is 32.6 Å². The molecule has 1 aromatic heterocycles. The molecule has 0 bridgehead atoms. The molecule has 0 aliphatic heterocycles. The number of nitrogen functional groups attached to an aromatic ring is 1. The van der Waals surface area contributed by atoms with Crippen molar-refractivity contribution in [2.45, 2.75) is 48.8 Å². The van der Waals surface area contributed by atoms with Gasteiger partial charge >= 0.3 is 0 Å². The molecule has 3 N–H and O–H groups in total. The predicted octanol–water partition coefficient (Wildman–Crippen LogP) is 2.20. The monoisotopic (exact) mass is 265 g/mol. The van der Waals surface area contributed by atoms with Gasteiger partial charge in [-0.05, 0) is 25.8 Å². The quantitative estimate of drug-likeness (QED) is 0.819. The van der Waals surface area contributed by atoms with Gasteiger partial charge in [-0.3, -0.25) is 9.78 Å². The van der Waals surface area contributed by atoms with E-state index in [-0.39, 0.29) is 11.2 Å². The predicted molar refractivity (Wildman–Crippen MR) is 74.4 cm³/mol. The van der Waals surface area contributed by atoms with Gasteiger partial charge < -0.3 is 11.1 Å². The van der Waals surface area contributed by atoms with E-state index in [2.05, 4.69) is 10.3 Å². The number of aromatic nitrogens is 1. The molecule has 0 radical (unpaired) electrons. The van der Waals surface area contributed by atoms with Crippen LogP contribution in [0.25, 0.3) is 0 Å². The Balaban J connectivity index is 1.89. The molecule has 1 aromatic rings. The average Bonchev–Trinajstić information content (AvgIpc) is 2.84. The molecule has 1 amide bonds. The van der Waals surface area contributed by atoms with Crippen molar-refractivity contribution in [3.05, 3.63) is 18.5 Å². The van der Waals surface area contributed by atoms with Gasteiger partial charge in [0.2, 0.25) is 5.91 Å². The molecule has 1 unspecified atom stereocenters. The largest absolute Gasteiger partial charge is 0.397 e. The fourth-order valence-electron chi connectivity index (χ4n) is 2.13. The zero-order valence-corrected chi connectivity index (χ0v) is 11.4. The number of thioether (sulfide) groups is 1. The van der Waals surface area contributed by atoms with E-state index in [1.165, 1.54) is 24.6 Å². The van der Waals surface area contributed by atoms with Gasteiger partial charge in [-0.15, -0.1) is 11.8 Å². The number of pyridine rings is 1. The SMILES string of the molecule is CC(Sc1ccncc1N)C(=O)NC1CCCC1. The van der Waals surface area contributed by atoms with Gasteiger partial charge in [0.15, 0.2) is 0 Å². The van der Waals surface area contributed by atoms with Crippen LogP contribution in [0.4, 0.5) is 5.69 Å². The minimum Gasteiger partial charge on any atom is -0.397 e. The van der Waals surface area contributed by atoms with E-state index >= 15 is 0 Å². The summed E-state index contributed by atoms with van der Waals surface area (Å²) in [4.78, 5) is 16.9. The van der Waals surface area contributed by atoms with Crippen molar-refractivity contribution in [2.24, 2.45) is 0 Å². The fraction of sp³-hybridized carbons (Fsp3) is 0.538. The van der Waals surface area contributed by atoms with Crippen LogP contribution in [0.15, 0.2) is 23.4 Å². The Labute approximate surface area is 112 Å². The Hall–Kier alpha value is -1.23. The molecule has 1 heterocycles. The zero-order chi connectivity index (χ0) is 13.0. The number of anilines is 1. The Morgan fingerprint density at radius 1 is 1.56 bits per heavy atom. The van der Waals surface area contributed by atoms with Crippen molar-refractivity contribution in [1.29, 1.82) is 0 Å². The fourth-order valence-corrected chi connectivity index (χ4v) is 3.02. The van der Waals surface area contributed by atoms with Crippen LogP contribution in [0.3, 0.4) is 0 Å². The molecule has 1 aliphatic rings. The van der Waals surface area contributed by atoms with Crippen molar-refractivity contribution in [3.8, 4) is 0 Å². The second-order valence-corrected chi connectivity index (χ2v) is 6.05. The highest BCUT2D eigenvalue weighted by Crippen LogP contribution is 2.28. The summed E-state index contributed by atoms with van der Waals surface area (Å²) in [5.41, 5.74) is 6.45. The number of rotatable bonds is 4. The van der Waals surface area contributed by atoms with E-state index in [1.807, 2.05) is 13.0 Å². The number of nitrogens with two attached hydrogens (primary N) is 1. The number of carbonyl (C=O) groups is 1. The lowest BCUT2D eigenvalue weighted by Gasteiger charge is -2.16. The van der Waals surface area contributed by atoms with E-state index in [4.69, 9.17) is 5.73 Å². The van der Waals surface area contributed by atoms with Crippen molar-refractivity contribution < 1.29 is 4.79 Å². The molecule has 4 nitrogen and oxygen atoms in total. The smallest absolute Gasteiger partial charge is 0.233 e. The number of carbonyl (C=O) groups excluding carboxylic acids is 1. The molecule has 2 rings (SSSR count). The summed E-state index contributed by atoms with van der Waals surface area (Å²) < 4.78 is 0. The van der Waals surface area contributed by atoms with Gasteiger partial charge in [-0.1, -0.05) is 12.8 Å². The van der Waals surface area contributed by atoms with Crippen LogP contribution < -0.4 is 11.1 Å². The Kier molecular flexibility index (Phi) is 4.47. The molecule has 1 saturated carbocycles. The second kappa shape index (κ2) is 6.09. The van der Waals surface area contributed by atoms with Crippen molar-refractivity contribution in [1.82, 2.24) is 10.3 Å². The summed E-state index contributed by atoms with van der Waals surface area (Å²) in [6.45, 7) is 1.91. The standard InChI is InChI=1S/C13H19N3OS/c1-9(13(17)16-10-4-2-3-5-10)18-12-6-7-15-8-11(12)14/h6-10H,2-5,14H2,1H3,(H,16,17). The lowest BCUT2D eigenvalue weighted by Crippen LogP contribution is -2.37. The van der Waals surface area contributed by atoms with Gasteiger partial charge in [0.25, 0.3) is 0 Å². The number of amides is 1. The third kappa shape index (κ3) is 3.38. The van der Waals surface area contributed by atoms with Crippen LogP contribution in [-0.2, 0) is 4.79 Å². The first kappa shape index (κ1) is 13.2. The van der Waals surface area contributed by atoms with Crippen molar-refractivity contribution in [2.75, 3.05) is 5.73 Å². The highest BCUT2D eigenvalue weighted by atomic mass is 32.2. The van der Waals surface area contributed by atoms with Gasteiger partial charge in [0.1, 0.15) is 0 Å². The Bertz CT molecular complexity index is 418. The molecule has 0 spiro atoms. The van der Waals surface area contributed by atoms with Crippen LogP contribution in [0.5, 0.6) is 0 Å². The van der Waals surface area contributed by atoms with E-state index < -0.39 is 0 Å². The highest BCUT2D eigenvalue weighted by molar-refractivity contribution is 8.00. The van der Waals surface area contributed by atoms with Crippen molar-refractivity contribution in [3.63, 3.8) is 0 Å². The normalized spacial score (nSPS) is 17.6. The molecule has 1 aliphatic carbocycles. The maximum Gasteiger partial charge on any atom is 0.233 e. The van der Waals surface area contributed by atoms with E-state index in [0.717, 1.165) is 17.7 Å². The molecule has 18 heavy (non-hydrogen) atoms. The second-order valence-electron chi connectivity index (χ2n) is 4.66. The maximum absolute atomic E-state index is 12.0. The molecular weight excluding hydrogens is 246 g/mol. The molecule has 0 aromatic carbocycles. The molecule has 1 fully saturated rings. The summed E-state index contributed by atoms with van der Waals surface area (Å²) in [5, 5.41) is 2.97. The van der Waals surface area contributed by atoms with E-state index in [9.17, 15) is 4.79 Å². The summed E-state index contributed by atoms with van der Waals surface area (Å²) in [6, 6.07) is 2.22. The third-order valence-corrected chi connectivity index (χ3v) is 4.38. The maximum atomic E-state index is 12.0. The first-order valence-corrected chi connectivity index (χ1v) is 7.21. The molecule has 98 valence electrons. The van der Waals surface area contributed by atoms with Gasteiger partial charge in [0.05, 0.1) is 17.1 Å². The zero-order valence-electron chi connectivity index (χ0n) is 10.6. The Morgan fingerprint density at radius 2 is 2.28 bits per heavy atom. The summed E-state index contributed by atoms with van der Waals surface area (Å²) in [7, 11) is 0. The minimum absolute atomic E-state index is 0.100. The highest BCUT2D eigenvalue weighted by Gasteiger charge is 2.21. The topological polar surface area (TPSA) is 68.0 Å². The summed E-state index contributed by atoms with van der Waals surface area (Å²) in [6.07, 6.45) is 7.98. The van der Waals surface area contributed by atoms with Crippen LogP contribution in [-0.4, -0.2) is 22.2 Å². The first-order valence-electron chi connectivity index (χ1n) is 6.33. The minimum atomic E-state index is -0.129. The van der Waals surface area contributed by atoms with Gasteiger partial charge in [0, 0.05) is 17.1 Å². The van der Waals surface area contributed by atoms with E-state index in [0.29, 0.717) is 11.7 Å². The van der Waals surface area contributed by atoms with Gasteiger partial charge in [-0.25, -0.2) is 0 Å². The molecule has 1 atom stereocenters. The van der Waals surface area contributed by atoms with E-state index in [1.54, 1.807) is 12.4 Å². The number of hydrogen-bond acceptors (Lipinski definition) is 4. The van der Waals surface area contributed by atoms with Gasteiger partial charge in [-0.2, -0.15) is 0 Å².